The number of nitrogens with one attached hydrogen (secondary N) is 1. The van der Waals surface area contributed by atoms with Crippen LogP contribution in [-0.4, -0.2) is 33.9 Å². The fourth-order valence-electron chi connectivity index (χ4n) is 0.573. The van der Waals surface area contributed by atoms with Crippen molar-refractivity contribution in [1.29, 1.82) is 0 Å². The van der Waals surface area contributed by atoms with E-state index >= 15 is 0 Å². The van der Waals surface area contributed by atoms with Gasteiger partial charge in [-0.3, -0.25) is 0 Å². The van der Waals surface area contributed by atoms with E-state index in [4.69, 9.17) is 4.74 Å². The van der Waals surface area contributed by atoms with Crippen molar-refractivity contribution in [1.82, 2.24) is 4.72 Å². The van der Waals surface area contributed by atoms with E-state index in [-0.39, 0.29) is 18.9 Å². The van der Waals surface area contributed by atoms with Gasteiger partial charge in [0.2, 0.25) is 10.0 Å². The first kappa shape index (κ1) is 13.1. The van der Waals surface area contributed by atoms with Crippen LogP contribution in [0.15, 0.2) is 11.1 Å². The molecule has 0 aliphatic heterocycles. The van der Waals surface area contributed by atoms with Crippen molar-refractivity contribution < 1.29 is 13.2 Å². The molecule has 0 atom stereocenters. The van der Waals surface area contributed by atoms with Crippen molar-refractivity contribution in [3.63, 3.8) is 0 Å². The highest BCUT2D eigenvalue weighted by Crippen LogP contribution is 1.98. The van der Waals surface area contributed by atoms with Gasteiger partial charge in [0.05, 0.1) is 12.4 Å². The average molecular weight is 272 g/mol. The molecule has 0 amide bonds. The van der Waals surface area contributed by atoms with Gasteiger partial charge in [0.15, 0.2) is 0 Å². The van der Waals surface area contributed by atoms with Crippen LogP contribution in [0.1, 0.15) is 6.92 Å². The van der Waals surface area contributed by atoms with Gasteiger partial charge in [-0.15, -0.1) is 0 Å². The molecule has 0 aliphatic rings. The lowest BCUT2D eigenvalue weighted by Crippen LogP contribution is -2.29. The molecule has 13 heavy (non-hydrogen) atoms. The summed E-state index contributed by atoms with van der Waals surface area (Å²) in [6.07, 6.45) is 0. The highest BCUT2D eigenvalue weighted by atomic mass is 79.9. The van der Waals surface area contributed by atoms with Crippen LogP contribution in [0.4, 0.5) is 0 Å². The monoisotopic (exact) mass is 271 g/mol. The van der Waals surface area contributed by atoms with E-state index in [2.05, 4.69) is 27.2 Å². The summed E-state index contributed by atoms with van der Waals surface area (Å²) in [5.74, 6) is -0.0128. The van der Waals surface area contributed by atoms with Crippen LogP contribution in [0.25, 0.3) is 0 Å². The zero-order valence-corrected chi connectivity index (χ0v) is 9.95. The number of ether oxygens (including phenoxy) is 1. The smallest absolute Gasteiger partial charge is 0.214 e. The second-order valence-electron chi connectivity index (χ2n) is 2.35. The molecular weight excluding hydrogens is 258 g/mol. The van der Waals surface area contributed by atoms with Crippen molar-refractivity contribution in [2.45, 2.75) is 6.92 Å². The van der Waals surface area contributed by atoms with E-state index in [1.54, 1.807) is 0 Å². The maximum Gasteiger partial charge on any atom is 0.214 e. The summed E-state index contributed by atoms with van der Waals surface area (Å²) in [4.78, 5) is 0. The van der Waals surface area contributed by atoms with Crippen LogP contribution in [0.5, 0.6) is 0 Å². The summed E-state index contributed by atoms with van der Waals surface area (Å²) in [7, 11) is -3.21. The average Bonchev–Trinajstić information content (AvgIpc) is 2.02. The Balaban J connectivity index is 3.74. The second kappa shape index (κ2) is 6.53. The molecule has 0 unspecified atom stereocenters. The third-order valence-corrected chi connectivity index (χ3v) is 2.75. The van der Waals surface area contributed by atoms with Crippen LogP contribution >= 0.6 is 15.9 Å². The molecule has 1 N–H and O–H groups in total. The Bertz CT molecular complexity index is 250. The zero-order valence-electron chi connectivity index (χ0n) is 7.55. The molecule has 0 spiro atoms. The molecule has 0 fully saturated rings. The maximum atomic E-state index is 11.2. The summed E-state index contributed by atoms with van der Waals surface area (Å²) < 4.78 is 30.2. The summed E-state index contributed by atoms with van der Waals surface area (Å²) in [6, 6.07) is 0. The Kier molecular flexibility index (Phi) is 6.58. The first-order chi connectivity index (χ1) is 5.98. The van der Waals surface area contributed by atoms with Crippen molar-refractivity contribution in [2.75, 3.05) is 25.5 Å². The lowest BCUT2D eigenvalue weighted by atomic mass is 10.7. The van der Waals surface area contributed by atoms with Gasteiger partial charge in [-0.25, -0.2) is 13.1 Å². The number of hydrogen-bond donors (Lipinski definition) is 1. The van der Waals surface area contributed by atoms with Crippen LogP contribution < -0.4 is 4.72 Å². The van der Waals surface area contributed by atoms with E-state index in [0.29, 0.717) is 11.1 Å². The molecule has 0 bridgehead atoms. The fourth-order valence-corrected chi connectivity index (χ4v) is 1.77. The van der Waals surface area contributed by atoms with E-state index in [9.17, 15) is 8.42 Å². The highest BCUT2D eigenvalue weighted by Gasteiger charge is 2.08. The molecule has 0 saturated heterocycles. The summed E-state index contributed by atoms with van der Waals surface area (Å²) in [5.41, 5.74) is 0. The molecule has 0 aromatic rings. The van der Waals surface area contributed by atoms with Crippen LogP contribution in [0.3, 0.4) is 0 Å². The molecule has 0 heterocycles. The predicted octanol–water partition coefficient (Wildman–Crippen LogP) is 0.851. The molecule has 0 aromatic carbocycles. The first-order valence-electron chi connectivity index (χ1n) is 3.86. The van der Waals surface area contributed by atoms with Gasteiger partial charge in [0.1, 0.15) is 0 Å². The van der Waals surface area contributed by atoms with Crippen molar-refractivity contribution in [2.24, 2.45) is 0 Å². The highest BCUT2D eigenvalue weighted by molar-refractivity contribution is 9.11. The van der Waals surface area contributed by atoms with Gasteiger partial charge in [-0.2, -0.15) is 0 Å². The fraction of sp³-hybridized carbons (Fsp3) is 0.714. The Morgan fingerprint density at radius 2 is 2.23 bits per heavy atom. The van der Waals surface area contributed by atoms with Crippen molar-refractivity contribution in [3.8, 4) is 0 Å². The zero-order chi connectivity index (χ0) is 10.3. The number of rotatable bonds is 7. The summed E-state index contributed by atoms with van der Waals surface area (Å²) in [5, 5.41) is 0. The number of sulfonamides is 1. The van der Waals surface area contributed by atoms with Gasteiger partial charge in [0, 0.05) is 17.6 Å². The number of halogens is 1. The Hall–Kier alpha value is 0.0900. The van der Waals surface area contributed by atoms with E-state index in [1.807, 2.05) is 6.92 Å². The Morgan fingerprint density at radius 1 is 1.62 bits per heavy atom. The SMILES string of the molecule is C=C(Br)CNS(=O)(=O)CCOCC. The van der Waals surface area contributed by atoms with Gasteiger partial charge in [-0.05, 0) is 6.92 Å². The molecular formula is C7H14BrNO3S. The first-order valence-corrected chi connectivity index (χ1v) is 6.31. The Morgan fingerprint density at radius 3 is 2.69 bits per heavy atom. The minimum Gasteiger partial charge on any atom is -0.381 e. The minimum absolute atomic E-state index is 0.0128. The van der Waals surface area contributed by atoms with Crippen LogP contribution in [0.2, 0.25) is 0 Å². The molecule has 78 valence electrons. The maximum absolute atomic E-state index is 11.2. The van der Waals surface area contributed by atoms with E-state index < -0.39 is 10.0 Å². The van der Waals surface area contributed by atoms with Crippen molar-refractivity contribution in [3.05, 3.63) is 11.1 Å². The van der Waals surface area contributed by atoms with Crippen LogP contribution in [-0.2, 0) is 14.8 Å². The molecule has 0 rings (SSSR count). The largest absolute Gasteiger partial charge is 0.381 e. The lowest BCUT2D eigenvalue weighted by molar-refractivity contribution is 0.163. The molecule has 0 radical (unpaired) electrons. The molecule has 0 saturated carbocycles. The second-order valence-corrected chi connectivity index (χ2v) is 5.40. The third-order valence-electron chi connectivity index (χ3n) is 1.18. The van der Waals surface area contributed by atoms with Crippen molar-refractivity contribution >= 4 is 26.0 Å². The van der Waals surface area contributed by atoms with Gasteiger partial charge < -0.3 is 4.74 Å². The number of hydrogen-bond acceptors (Lipinski definition) is 3. The topological polar surface area (TPSA) is 55.4 Å². The predicted molar refractivity (Wildman–Crippen MR) is 56.3 cm³/mol. The lowest BCUT2D eigenvalue weighted by Gasteiger charge is -2.05. The molecule has 4 nitrogen and oxygen atoms in total. The van der Waals surface area contributed by atoms with E-state index in [1.165, 1.54) is 0 Å². The van der Waals surface area contributed by atoms with Crippen LogP contribution in [0, 0.1) is 0 Å². The van der Waals surface area contributed by atoms with Gasteiger partial charge in [-0.1, -0.05) is 22.5 Å². The summed E-state index contributed by atoms with van der Waals surface area (Å²) >= 11 is 3.06. The van der Waals surface area contributed by atoms with Gasteiger partial charge in [0.25, 0.3) is 0 Å². The Labute approximate surface area is 87.5 Å². The molecule has 0 aliphatic carbocycles. The van der Waals surface area contributed by atoms with Gasteiger partial charge >= 0.3 is 0 Å². The molecule has 6 heteroatoms. The van der Waals surface area contributed by atoms with E-state index in [0.717, 1.165) is 0 Å². The normalized spacial score (nSPS) is 11.5. The molecule has 0 aromatic heterocycles. The minimum atomic E-state index is -3.21. The summed E-state index contributed by atoms with van der Waals surface area (Å²) in [6.45, 7) is 6.30. The standard InChI is InChI=1S/C7H14BrNO3S/c1-3-12-4-5-13(10,11)9-6-7(2)8/h9H,2-6H2,1H3. The quantitative estimate of drug-likeness (QED) is 0.699. The third kappa shape index (κ3) is 8.42.